The van der Waals surface area contributed by atoms with Crippen LogP contribution in [0.15, 0.2) is 60.8 Å². The molecule has 1 spiro atoms. The number of hydrogen-bond acceptors (Lipinski definition) is 2. The van der Waals surface area contributed by atoms with Crippen LogP contribution < -0.4 is 5.32 Å². The number of hydrogen-bond donors (Lipinski definition) is 1. The molecule has 0 saturated carbocycles. The van der Waals surface area contributed by atoms with Crippen LogP contribution in [0.4, 0.5) is 14.5 Å². The highest BCUT2D eigenvalue weighted by Crippen LogP contribution is 2.43. The van der Waals surface area contributed by atoms with Crippen molar-refractivity contribution in [1.82, 2.24) is 9.47 Å². The van der Waals surface area contributed by atoms with Crippen LogP contribution in [0, 0.1) is 11.6 Å². The van der Waals surface area contributed by atoms with Gasteiger partial charge in [0.25, 0.3) is 5.91 Å². The van der Waals surface area contributed by atoms with Gasteiger partial charge in [0.2, 0.25) is 0 Å². The normalized spacial score (nSPS) is 17.0. The fourth-order valence-corrected chi connectivity index (χ4v) is 4.40. The number of nitrogens with one attached hydrogen (secondary N) is 1. The lowest BCUT2D eigenvalue weighted by Gasteiger charge is -2.46. The number of carbonyl (C=O) groups excluding carboxylic acids is 1. The summed E-state index contributed by atoms with van der Waals surface area (Å²) in [6.07, 6.45) is 3.36. The van der Waals surface area contributed by atoms with E-state index >= 15 is 0 Å². The number of carbonyl (C=O) groups is 1. The van der Waals surface area contributed by atoms with Gasteiger partial charge in [-0.2, -0.15) is 0 Å². The van der Waals surface area contributed by atoms with Crippen LogP contribution in [0.1, 0.15) is 28.9 Å². The van der Waals surface area contributed by atoms with E-state index in [0.717, 1.165) is 17.1 Å². The standard InChI is InChI=1S/C22H19F2N3O/c23-16-4-1-3-15(13-16)21(28)26-11-8-22(9-12-26)20-5-2-10-27(20)19-7-6-17(24)14-18(19)25-22/h1-7,10,13-14,25H,8-9,11-12H2. The van der Waals surface area contributed by atoms with E-state index in [1.54, 1.807) is 23.1 Å². The van der Waals surface area contributed by atoms with Crippen LogP contribution >= 0.6 is 0 Å². The van der Waals surface area contributed by atoms with E-state index in [-0.39, 0.29) is 17.3 Å². The van der Waals surface area contributed by atoms with Crippen LogP contribution in [0.25, 0.3) is 5.69 Å². The summed E-state index contributed by atoms with van der Waals surface area (Å²) in [5.74, 6) is -0.854. The zero-order valence-corrected chi connectivity index (χ0v) is 15.2. The lowest BCUT2D eigenvalue weighted by molar-refractivity contribution is 0.0676. The predicted octanol–water partition coefficient (Wildman–Crippen LogP) is 4.31. The smallest absolute Gasteiger partial charge is 0.253 e. The van der Waals surface area contributed by atoms with E-state index in [2.05, 4.69) is 16.0 Å². The van der Waals surface area contributed by atoms with Gasteiger partial charge in [-0.3, -0.25) is 4.79 Å². The Morgan fingerprint density at radius 2 is 1.75 bits per heavy atom. The first kappa shape index (κ1) is 17.0. The molecule has 1 aromatic heterocycles. The molecule has 1 N–H and O–H groups in total. The molecule has 0 unspecified atom stereocenters. The van der Waals surface area contributed by atoms with Gasteiger partial charge in [-0.15, -0.1) is 0 Å². The van der Waals surface area contributed by atoms with E-state index < -0.39 is 5.82 Å². The van der Waals surface area contributed by atoms with Gasteiger partial charge in [0.05, 0.1) is 16.9 Å². The van der Waals surface area contributed by atoms with E-state index in [4.69, 9.17) is 0 Å². The maximum Gasteiger partial charge on any atom is 0.253 e. The molecular formula is C22H19F2N3O. The van der Waals surface area contributed by atoms with E-state index in [0.29, 0.717) is 31.5 Å². The van der Waals surface area contributed by atoms with Crippen LogP contribution in [0.2, 0.25) is 0 Å². The lowest BCUT2D eigenvalue weighted by Crippen LogP contribution is -2.51. The number of piperidine rings is 1. The Morgan fingerprint density at radius 3 is 2.54 bits per heavy atom. The molecule has 1 fully saturated rings. The summed E-state index contributed by atoms with van der Waals surface area (Å²) in [6, 6.07) is 14.6. The fourth-order valence-electron chi connectivity index (χ4n) is 4.40. The lowest BCUT2D eigenvalue weighted by atomic mass is 9.82. The number of halogens is 2. The van der Waals surface area contributed by atoms with Gasteiger partial charge < -0.3 is 14.8 Å². The third kappa shape index (κ3) is 2.59. The first-order valence-electron chi connectivity index (χ1n) is 9.37. The number of aromatic nitrogens is 1. The van der Waals surface area contributed by atoms with Crippen LogP contribution in [0.5, 0.6) is 0 Å². The van der Waals surface area contributed by atoms with Crippen LogP contribution in [-0.4, -0.2) is 28.5 Å². The maximum atomic E-state index is 13.8. The summed E-state index contributed by atoms with van der Waals surface area (Å²) in [5, 5.41) is 3.55. The molecule has 1 amide bonds. The first-order chi connectivity index (χ1) is 13.6. The molecule has 0 aliphatic carbocycles. The second-order valence-corrected chi connectivity index (χ2v) is 7.43. The van der Waals surface area contributed by atoms with Gasteiger partial charge in [-0.1, -0.05) is 6.07 Å². The quantitative estimate of drug-likeness (QED) is 0.684. The van der Waals surface area contributed by atoms with Crippen molar-refractivity contribution in [2.75, 3.05) is 18.4 Å². The van der Waals surface area contributed by atoms with E-state index in [9.17, 15) is 13.6 Å². The second kappa shape index (κ2) is 6.19. The highest BCUT2D eigenvalue weighted by Gasteiger charge is 2.42. The SMILES string of the molecule is O=C(c1cccc(F)c1)N1CCC2(CC1)Nc1cc(F)ccc1-n1cccc12. The minimum atomic E-state index is -0.412. The van der Waals surface area contributed by atoms with E-state index in [1.807, 2.05) is 12.3 Å². The molecule has 2 aromatic carbocycles. The highest BCUT2D eigenvalue weighted by atomic mass is 19.1. The number of amides is 1. The Kier molecular flexibility index (Phi) is 3.75. The molecule has 0 radical (unpaired) electrons. The third-order valence-corrected chi connectivity index (χ3v) is 5.81. The summed E-state index contributed by atoms with van der Waals surface area (Å²) in [6.45, 7) is 1.08. The molecule has 4 nitrogen and oxygen atoms in total. The predicted molar refractivity (Wildman–Crippen MR) is 103 cm³/mol. The van der Waals surface area contributed by atoms with Gasteiger partial charge in [0.1, 0.15) is 11.6 Å². The number of nitrogens with zero attached hydrogens (tertiary/aromatic N) is 2. The third-order valence-electron chi connectivity index (χ3n) is 5.81. The molecule has 142 valence electrons. The van der Waals surface area contributed by atoms with Gasteiger partial charge >= 0.3 is 0 Å². The summed E-state index contributed by atoms with van der Waals surface area (Å²) >= 11 is 0. The monoisotopic (exact) mass is 379 g/mol. The number of anilines is 1. The molecule has 1 saturated heterocycles. The minimum Gasteiger partial charge on any atom is -0.372 e. The summed E-state index contributed by atoms with van der Waals surface area (Å²) in [7, 11) is 0. The van der Waals surface area contributed by atoms with Gasteiger partial charge in [0.15, 0.2) is 0 Å². The molecule has 3 heterocycles. The Labute approximate surface area is 161 Å². The molecule has 2 aliphatic heterocycles. The molecule has 0 bridgehead atoms. The zero-order valence-electron chi connectivity index (χ0n) is 15.2. The summed E-state index contributed by atoms with van der Waals surface area (Å²) in [5.41, 5.74) is 2.80. The van der Waals surface area contributed by atoms with Crippen molar-refractivity contribution < 1.29 is 13.6 Å². The fraction of sp³-hybridized carbons (Fsp3) is 0.227. The van der Waals surface area contributed by atoms with Gasteiger partial charge in [-0.05, 0) is 61.4 Å². The number of likely N-dealkylation sites (tertiary alicyclic amines) is 1. The summed E-state index contributed by atoms with van der Waals surface area (Å²) in [4.78, 5) is 14.5. The van der Waals surface area contributed by atoms with E-state index in [1.165, 1.54) is 24.3 Å². The van der Waals surface area contributed by atoms with Gasteiger partial charge in [0, 0.05) is 30.5 Å². The van der Waals surface area contributed by atoms with Crippen molar-refractivity contribution in [3.05, 3.63) is 83.7 Å². The van der Waals surface area contributed by atoms with Crippen LogP contribution in [0.3, 0.4) is 0 Å². The van der Waals surface area contributed by atoms with Crippen LogP contribution in [-0.2, 0) is 5.54 Å². The average molecular weight is 379 g/mol. The van der Waals surface area contributed by atoms with Crippen molar-refractivity contribution in [3.8, 4) is 5.69 Å². The molecule has 6 heteroatoms. The molecule has 0 atom stereocenters. The van der Waals surface area contributed by atoms with Crippen molar-refractivity contribution in [3.63, 3.8) is 0 Å². The Balaban J connectivity index is 1.42. The van der Waals surface area contributed by atoms with Gasteiger partial charge in [-0.25, -0.2) is 8.78 Å². The number of rotatable bonds is 1. The number of fused-ring (bicyclic) bond motifs is 4. The molecule has 2 aliphatic rings. The molecule has 5 rings (SSSR count). The topological polar surface area (TPSA) is 37.3 Å². The Bertz CT molecular complexity index is 1070. The number of benzene rings is 2. The summed E-state index contributed by atoms with van der Waals surface area (Å²) < 4.78 is 29.4. The largest absolute Gasteiger partial charge is 0.372 e. The highest BCUT2D eigenvalue weighted by molar-refractivity contribution is 5.94. The molecule has 28 heavy (non-hydrogen) atoms. The first-order valence-corrected chi connectivity index (χ1v) is 9.37. The van der Waals surface area contributed by atoms with Crippen molar-refractivity contribution >= 4 is 11.6 Å². The molecular weight excluding hydrogens is 360 g/mol. The Hall–Kier alpha value is -3.15. The minimum absolute atomic E-state index is 0.160. The zero-order chi connectivity index (χ0) is 19.3. The van der Waals surface area contributed by atoms with Crippen molar-refractivity contribution in [2.24, 2.45) is 0 Å². The average Bonchev–Trinajstić information content (AvgIpc) is 3.19. The van der Waals surface area contributed by atoms with Crippen molar-refractivity contribution in [2.45, 2.75) is 18.4 Å². The Morgan fingerprint density at radius 1 is 0.964 bits per heavy atom. The maximum absolute atomic E-state index is 13.8. The second-order valence-electron chi connectivity index (χ2n) is 7.43. The van der Waals surface area contributed by atoms with Crippen molar-refractivity contribution in [1.29, 1.82) is 0 Å². The molecule has 3 aromatic rings.